The van der Waals surface area contributed by atoms with Crippen molar-refractivity contribution in [1.82, 2.24) is 4.72 Å². The number of nitrogens with one attached hydrogen (secondary N) is 1. The first-order valence-corrected chi connectivity index (χ1v) is 9.64. The minimum atomic E-state index is -3.50. The number of halogens is 1. The highest BCUT2D eigenvalue weighted by molar-refractivity contribution is 9.10. The van der Waals surface area contributed by atoms with Crippen LogP contribution < -0.4 is 9.46 Å². The van der Waals surface area contributed by atoms with Gasteiger partial charge in [0.2, 0.25) is 10.0 Å². The molecule has 0 saturated heterocycles. The SMILES string of the molecule is CC(C)c1ccc(S(=O)(=O)NCCOc2ccc(Br)cc2)cc1. The van der Waals surface area contributed by atoms with Gasteiger partial charge in [0, 0.05) is 11.0 Å². The minimum Gasteiger partial charge on any atom is -0.492 e. The van der Waals surface area contributed by atoms with Gasteiger partial charge in [-0.25, -0.2) is 13.1 Å². The summed E-state index contributed by atoms with van der Waals surface area (Å²) in [6, 6.07) is 14.3. The fourth-order valence-electron chi connectivity index (χ4n) is 1.99. The molecule has 0 aromatic heterocycles. The molecule has 0 atom stereocenters. The molecule has 0 aliphatic rings. The third kappa shape index (κ3) is 5.34. The van der Waals surface area contributed by atoms with Crippen molar-refractivity contribution in [3.05, 3.63) is 58.6 Å². The summed E-state index contributed by atoms with van der Waals surface area (Å²) >= 11 is 3.35. The average Bonchev–Trinajstić information content (AvgIpc) is 2.53. The fourth-order valence-corrected chi connectivity index (χ4v) is 3.27. The second-order valence-electron chi connectivity index (χ2n) is 5.42. The monoisotopic (exact) mass is 397 g/mol. The summed E-state index contributed by atoms with van der Waals surface area (Å²) in [5.74, 6) is 1.08. The molecule has 2 aromatic rings. The summed E-state index contributed by atoms with van der Waals surface area (Å²) < 4.78 is 33.4. The van der Waals surface area contributed by atoms with Crippen molar-refractivity contribution in [2.24, 2.45) is 0 Å². The molecule has 0 fully saturated rings. The summed E-state index contributed by atoms with van der Waals surface area (Å²) in [7, 11) is -3.50. The summed E-state index contributed by atoms with van der Waals surface area (Å²) in [4.78, 5) is 0.269. The molecular weight excluding hydrogens is 378 g/mol. The Balaban J connectivity index is 1.87. The Hall–Kier alpha value is -1.37. The van der Waals surface area contributed by atoms with Crippen LogP contribution in [0.2, 0.25) is 0 Å². The van der Waals surface area contributed by atoms with E-state index in [2.05, 4.69) is 34.5 Å². The number of sulfonamides is 1. The lowest BCUT2D eigenvalue weighted by Crippen LogP contribution is -2.28. The molecule has 6 heteroatoms. The van der Waals surface area contributed by atoms with Crippen molar-refractivity contribution in [1.29, 1.82) is 0 Å². The molecular formula is C17H20BrNO3S. The van der Waals surface area contributed by atoms with Crippen molar-refractivity contribution < 1.29 is 13.2 Å². The Bertz CT molecular complexity index is 725. The van der Waals surface area contributed by atoms with Crippen molar-refractivity contribution in [2.75, 3.05) is 13.2 Å². The van der Waals surface area contributed by atoms with Gasteiger partial charge in [-0.3, -0.25) is 0 Å². The zero-order valence-electron chi connectivity index (χ0n) is 13.1. The maximum atomic E-state index is 12.2. The molecule has 0 radical (unpaired) electrons. The molecule has 0 aliphatic carbocycles. The van der Waals surface area contributed by atoms with Gasteiger partial charge in [-0.1, -0.05) is 41.9 Å². The third-order valence-electron chi connectivity index (χ3n) is 3.33. The Labute approximate surface area is 146 Å². The van der Waals surface area contributed by atoms with E-state index in [-0.39, 0.29) is 18.0 Å². The molecule has 0 heterocycles. The number of ether oxygens (including phenoxy) is 1. The maximum Gasteiger partial charge on any atom is 0.240 e. The van der Waals surface area contributed by atoms with E-state index >= 15 is 0 Å². The van der Waals surface area contributed by atoms with Crippen molar-refractivity contribution in [3.8, 4) is 5.75 Å². The Morgan fingerprint density at radius 2 is 1.65 bits per heavy atom. The van der Waals surface area contributed by atoms with Gasteiger partial charge in [0.05, 0.1) is 4.90 Å². The van der Waals surface area contributed by atoms with Crippen LogP contribution in [0.15, 0.2) is 57.9 Å². The van der Waals surface area contributed by atoms with Crippen LogP contribution in [0.4, 0.5) is 0 Å². The van der Waals surface area contributed by atoms with Crippen LogP contribution in [0, 0.1) is 0 Å². The Morgan fingerprint density at radius 3 is 2.22 bits per heavy atom. The first-order chi connectivity index (χ1) is 10.9. The summed E-state index contributed by atoms with van der Waals surface area (Å²) in [5.41, 5.74) is 1.11. The summed E-state index contributed by atoms with van der Waals surface area (Å²) in [5, 5.41) is 0. The number of hydrogen-bond donors (Lipinski definition) is 1. The van der Waals surface area contributed by atoms with Gasteiger partial charge in [-0.2, -0.15) is 0 Å². The zero-order valence-corrected chi connectivity index (χ0v) is 15.5. The van der Waals surface area contributed by atoms with Gasteiger partial charge >= 0.3 is 0 Å². The van der Waals surface area contributed by atoms with E-state index in [1.807, 2.05) is 36.4 Å². The molecule has 0 aliphatic heterocycles. The van der Waals surface area contributed by atoms with E-state index in [0.717, 1.165) is 10.0 Å². The van der Waals surface area contributed by atoms with Crippen molar-refractivity contribution >= 4 is 26.0 Å². The molecule has 1 N–H and O–H groups in total. The van der Waals surface area contributed by atoms with Gasteiger partial charge in [0.1, 0.15) is 12.4 Å². The number of rotatable bonds is 7. The van der Waals surface area contributed by atoms with E-state index < -0.39 is 10.0 Å². The Morgan fingerprint density at radius 1 is 1.04 bits per heavy atom. The minimum absolute atomic E-state index is 0.213. The molecule has 0 unspecified atom stereocenters. The van der Waals surface area contributed by atoms with Crippen molar-refractivity contribution in [3.63, 3.8) is 0 Å². The van der Waals surface area contributed by atoms with Gasteiger partial charge in [0.25, 0.3) is 0 Å². The van der Waals surface area contributed by atoms with Crippen LogP contribution >= 0.6 is 15.9 Å². The van der Waals surface area contributed by atoms with Crippen LogP contribution in [0.3, 0.4) is 0 Å². The first-order valence-electron chi connectivity index (χ1n) is 7.36. The van der Waals surface area contributed by atoms with E-state index in [9.17, 15) is 8.42 Å². The third-order valence-corrected chi connectivity index (χ3v) is 5.34. The van der Waals surface area contributed by atoms with Crippen LogP contribution in [0.25, 0.3) is 0 Å². The molecule has 0 spiro atoms. The lowest BCUT2D eigenvalue weighted by molar-refractivity contribution is 0.323. The molecule has 0 bridgehead atoms. The van der Waals surface area contributed by atoms with E-state index in [1.165, 1.54) is 0 Å². The Kier molecular flexibility index (Phi) is 6.21. The lowest BCUT2D eigenvalue weighted by atomic mass is 10.0. The standard InChI is InChI=1S/C17H20BrNO3S/c1-13(2)14-3-9-17(10-4-14)23(20,21)19-11-12-22-16-7-5-15(18)6-8-16/h3-10,13,19H,11-12H2,1-2H3. The molecule has 0 saturated carbocycles. The van der Waals surface area contributed by atoms with Gasteiger partial charge < -0.3 is 4.74 Å². The smallest absolute Gasteiger partial charge is 0.240 e. The first kappa shape index (κ1) is 18.0. The zero-order chi connectivity index (χ0) is 16.9. The molecule has 4 nitrogen and oxygen atoms in total. The van der Waals surface area contributed by atoms with Gasteiger partial charge in [0.15, 0.2) is 0 Å². The summed E-state index contributed by atoms with van der Waals surface area (Å²) in [6.07, 6.45) is 0. The number of hydrogen-bond acceptors (Lipinski definition) is 3. The maximum absolute atomic E-state index is 12.2. The summed E-state index contributed by atoms with van der Waals surface area (Å²) in [6.45, 7) is 4.62. The predicted molar refractivity (Wildman–Crippen MR) is 95.4 cm³/mol. The normalized spacial score (nSPS) is 11.7. The predicted octanol–water partition coefficient (Wildman–Crippen LogP) is 3.93. The topological polar surface area (TPSA) is 55.4 Å². The molecule has 2 rings (SSSR count). The molecule has 2 aromatic carbocycles. The molecule has 0 amide bonds. The highest BCUT2D eigenvalue weighted by Crippen LogP contribution is 2.17. The lowest BCUT2D eigenvalue weighted by Gasteiger charge is -2.10. The average molecular weight is 398 g/mol. The quantitative estimate of drug-likeness (QED) is 0.719. The van der Waals surface area contributed by atoms with Crippen LogP contribution in [0.1, 0.15) is 25.3 Å². The van der Waals surface area contributed by atoms with E-state index in [1.54, 1.807) is 12.1 Å². The highest BCUT2D eigenvalue weighted by Gasteiger charge is 2.13. The van der Waals surface area contributed by atoms with Gasteiger partial charge in [-0.15, -0.1) is 0 Å². The van der Waals surface area contributed by atoms with Gasteiger partial charge in [-0.05, 0) is 47.9 Å². The second-order valence-corrected chi connectivity index (χ2v) is 8.11. The van der Waals surface area contributed by atoms with Crippen molar-refractivity contribution in [2.45, 2.75) is 24.7 Å². The largest absolute Gasteiger partial charge is 0.492 e. The van der Waals surface area contributed by atoms with Crippen LogP contribution in [-0.4, -0.2) is 21.6 Å². The van der Waals surface area contributed by atoms with Crippen LogP contribution in [0.5, 0.6) is 5.75 Å². The molecule has 23 heavy (non-hydrogen) atoms. The number of benzene rings is 2. The second kappa shape index (κ2) is 7.95. The van der Waals surface area contributed by atoms with E-state index in [4.69, 9.17) is 4.74 Å². The fraction of sp³-hybridized carbons (Fsp3) is 0.294. The van der Waals surface area contributed by atoms with Crippen LogP contribution in [-0.2, 0) is 10.0 Å². The molecule has 124 valence electrons. The highest BCUT2D eigenvalue weighted by atomic mass is 79.9. The van der Waals surface area contributed by atoms with E-state index in [0.29, 0.717) is 11.7 Å².